The first-order chi connectivity index (χ1) is 8.70. The number of halogens is 1. The smallest absolute Gasteiger partial charge is 0.255 e. The van der Waals surface area contributed by atoms with Gasteiger partial charge in [0.05, 0.1) is 12.7 Å². The van der Waals surface area contributed by atoms with E-state index in [0.717, 1.165) is 25.9 Å². The second-order valence-corrected chi connectivity index (χ2v) is 4.40. The van der Waals surface area contributed by atoms with Gasteiger partial charge in [0, 0.05) is 12.6 Å². The summed E-state index contributed by atoms with van der Waals surface area (Å²) in [5, 5.41) is 15.8. The van der Waals surface area contributed by atoms with Gasteiger partial charge in [0.2, 0.25) is 0 Å². The molecule has 1 amide bonds. The Hall–Kier alpha value is -1.46. The molecule has 1 aliphatic heterocycles. The van der Waals surface area contributed by atoms with E-state index in [-0.39, 0.29) is 35.7 Å². The van der Waals surface area contributed by atoms with Crippen molar-refractivity contribution in [1.82, 2.24) is 10.6 Å². The SMILES string of the molecule is COc1ccc(O)c(C(=O)N[C@@H]2CCCNC2)c1.Cl. The van der Waals surface area contributed by atoms with Crippen LogP contribution in [0.5, 0.6) is 11.5 Å². The third-order valence-electron chi connectivity index (χ3n) is 3.08. The summed E-state index contributed by atoms with van der Waals surface area (Å²) in [4.78, 5) is 12.0. The number of hydrogen-bond acceptors (Lipinski definition) is 4. The fraction of sp³-hybridized carbons (Fsp3) is 0.462. The van der Waals surface area contributed by atoms with Gasteiger partial charge in [-0.1, -0.05) is 0 Å². The Morgan fingerprint density at radius 1 is 1.53 bits per heavy atom. The summed E-state index contributed by atoms with van der Waals surface area (Å²) in [6.07, 6.45) is 2.01. The molecule has 0 unspecified atom stereocenters. The van der Waals surface area contributed by atoms with Crippen LogP contribution in [-0.2, 0) is 0 Å². The summed E-state index contributed by atoms with van der Waals surface area (Å²) >= 11 is 0. The largest absolute Gasteiger partial charge is 0.507 e. The molecule has 1 aromatic rings. The Balaban J connectivity index is 0.00000180. The van der Waals surface area contributed by atoms with E-state index in [4.69, 9.17) is 4.74 Å². The number of carbonyl (C=O) groups excluding carboxylic acids is 1. The lowest BCUT2D eigenvalue weighted by Crippen LogP contribution is -2.45. The fourth-order valence-electron chi connectivity index (χ4n) is 2.06. The van der Waals surface area contributed by atoms with Gasteiger partial charge in [-0.05, 0) is 37.6 Å². The molecule has 0 saturated carbocycles. The molecular weight excluding hydrogens is 268 g/mol. The molecule has 0 aromatic heterocycles. The number of ether oxygens (including phenoxy) is 1. The lowest BCUT2D eigenvalue weighted by Gasteiger charge is -2.24. The Labute approximate surface area is 118 Å². The molecule has 0 radical (unpaired) electrons. The van der Waals surface area contributed by atoms with Crippen LogP contribution in [0.4, 0.5) is 0 Å². The van der Waals surface area contributed by atoms with Crippen LogP contribution >= 0.6 is 12.4 Å². The summed E-state index contributed by atoms with van der Waals surface area (Å²) < 4.78 is 5.05. The van der Waals surface area contributed by atoms with E-state index in [1.165, 1.54) is 13.2 Å². The highest BCUT2D eigenvalue weighted by Gasteiger charge is 2.18. The third kappa shape index (κ3) is 4.01. The molecule has 5 nitrogen and oxygen atoms in total. The number of amides is 1. The van der Waals surface area contributed by atoms with Gasteiger partial charge in [0.15, 0.2) is 0 Å². The number of carbonyl (C=O) groups is 1. The Morgan fingerprint density at radius 2 is 2.32 bits per heavy atom. The van der Waals surface area contributed by atoms with Gasteiger partial charge >= 0.3 is 0 Å². The van der Waals surface area contributed by atoms with Crippen LogP contribution < -0.4 is 15.4 Å². The second kappa shape index (κ2) is 7.21. The third-order valence-corrected chi connectivity index (χ3v) is 3.08. The normalized spacial score (nSPS) is 18.3. The number of phenolic OH excluding ortho intramolecular Hbond substituents is 1. The van der Waals surface area contributed by atoms with Crippen LogP contribution in [-0.4, -0.2) is 37.3 Å². The second-order valence-electron chi connectivity index (χ2n) is 4.40. The number of nitrogens with one attached hydrogen (secondary N) is 2. The highest BCUT2D eigenvalue weighted by Crippen LogP contribution is 2.22. The monoisotopic (exact) mass is 286 g/mol. The van der Waals surface area contributed by atoms with E-state index in [1.54, 1.807) is 12.1 Å². The van der Waals surface area contributed by atoms with Gasteiger partial charge in [-0.2, -0.15) is 0 Å². The zero-order valence-corrected chi connectivity index (χ0v) is 11.6. The number of methoxy groups -OCH3 is 1. The first-order valence-corrected chi connectivity index (χ1v) is 6.09. The fourth-order valence-corrected chi connectivity index (χ4v) is 2.06. The molecule has 0 spiro atoms. The Bertz CT molecular complexity index is 434. The number of phenols is 1. The predicted octanol–water partition coefficient (Wildman–Crippen LogP) is 1.30. The summed E-state index contributed by atoms with van der Waals surface area (Å²) in [6.45, 7) is 1.77. The zero-order valence-electron chi connectivity index (χ0n) is 10.8. The number of benzene rings is 1. The van der Waals surface area contributed by atoms with Crippen molar-refractivity contribution in [3.8, 4) is 11.5 Å². The number of rotatable bonds is 3. The maximum absolute atomic E-state index is 12.0. The van der Waals surface area contributed by atoms with Crippen LogP contribution in [0, 0.1) is 0 Å². The molecule has 0 bridgehead atoms. The van der Waals surface area contributed by atoms with Crippen molar-refractivity contribution in [3.63, 3.8) is 0 Å². The Morgan fingerprint density at radius 3 is 2.95 bits per heavy atom. The van der Waals surface area contributed by atoms with E-state index in [9.17, 15) is 9.90 Å². The van der Waals surface area contributed by atoms with Gasteiger partial charge < -0.3 is 20.5 Å². The number of aromatic hydroxyl groups is 1. The molecule has 1 aromatic carbocycles. The van der Waals surface area contributed by atoms with Crippen molar-refractivity contribution in [3.05, 3.63) is 23.8 Å². The van der Waals surface area contributed by atoms with Crippen LogP contribution in [0.15, 0.2) is 18.2 Å². The van der Waals surface area contributed by atoms with Crippen molar-refractivity contribution in [2.75, 3.05) is 20.2 Å². The molecule has 106 valence electrons. The molecule has 3 N–H and O–H groups in total. The summed E-state index contributed by atoms with van der Waals surface area (Å²) in [5.41, 5.74) is 0.250. The Kier molecular flexibility index (Phi) is 5.92. The van der Waals surface area contributed by atoms with E-state index >= 15 is 0 Å². The number of piperidine rings is 1. The van der Waals surface area contributed by atoms with Gasteiger partial charge in [-0.3, -0.25) is 4.79 Å². The molecule has 19 heavy (non-hydrogen) atoms. The first kappa shape index (κ1) is 15.6. The van der Waals surface area contributed by atoms with Gasteiger partial charge in [-0.25, -0.2) is 0 Å². The molecule has 1 fully saturated rings. The van der Waals surface area contributed by atoms with E-state index in [1.807, 2.05) is 0 Å². The van der Waals surface area contributed by atoms with Crippen molar-refractivity contribution < 1.29 is 14.6 Å². The topological polar surface area (TPSA) is 70.6 Å². The van der Waals surface area contributed by atoms with Gasteiger partial charge in [0.25, 0.3) is 5.91 Å². The minimum Gasteiger partial charge on any atom is -0.507 e. The average Bonchev–Trinajstić information content (AvgIpc) is 2.40. The van der Waals surface area contributed by atoms with Crippen molar-refractivity contribution in [2.24, 2.45) is 0 Å². The van der Waals surface area contributed by atoms with Crippen LogP contribution in [0.2, 0.25) is 0 Å². The van der Waals surface area contributed by atoms with Gasteiger partial charge in [0.1, 0.15) is 11.5 Å². The molecule has 1 saturated heterocycles. The number of hydrogen-bond donors (Lipinski definition) is 3. The maximum Gasteiger partial charge on any atom is 0.255 e. The first-order valence-electron chi connectivity index (χ1n) is 6.09. The zero-order chi connectivity index (χ0) is 13.0. The summed E-state index contributed by atoms with van der Waals surface area (Å²) in [6, 6.07) is 4.75. The predicted molar refractivity (Wildman–Crippen MR) is 75.3 cm³/mol. The van der Waals surface area contributed by atoms with Gasteiger partial charge in [-0.15, -0.1) is 12.4 Å². The van der Waals surface area contributed by atoms with E-state index in [2.05, 4.69) is 10.6 Å². The molecule has 0 aliphatic carbocycles. The average molecular weight is 287 g/mol. The minimum atomic E-state index is -0.264. The highest BCUT2D eigenvalue weighted by atomic mass is 35.5. The molecule has 2 rings (SSSR count). The molecule has 6 heteroatoms. The highest BCUT2D eigenvalue weighted by molar-refractivity contribution is 5.97. The lowest BCUT2D eigenvalue weighted by molar-refractivity contribution is 0.0927. The summed E-state index contributed by atoms with van der Waals surface area (Å²) in [5.74, 6) is 0.261. The van der Waals surface area contributed by atoms with Crippen LogP contribution in [0.3, 0.4) is 0 Å². The quantitative estimate of drug-likeness (QED) is 0.783. The van der Waals surface area contributed by atoms with Crippen LogP contribution in [0.1, 0.15) is 23.2 Å². The van der Waals surface area contributed by atoms with Crippen molar-refractivity contribution in [2.45, 2.75) is 18.9 Å². The summed E-state index contributed by atoms with van der Waals surface area (Å²) in [7, 11) is 1.53. The molecule has 1 heterocycles. The van der Waals surface area contributed by atoms with E-state index in [0.29, 0.717) is 5.75 Å². The van der Waals surface area contributed by atoms with E-state index < -0.39 is 0 Å². The molecule has 1 aliphatic rings. The van der Waals surface area contributed by atoms with Crippen molar-refractivity contribution in [1.29, 1.82) is 0 Å². The standard InChI is InChI=1S/C13H18N2O3.ClH/c1-18-10-4-5-12(16)11(7-10)13(17)15-9-3-2-6-14-8-9;/h4-5,7,9,14,16H,2-3,6,8H2,1H3,(H,15,17);1H/t9-;/m1./s1. The molecular formula is C13H19ClN2O3. The molecule has 1 atom stereocenters. The van der Waals surface area contributed by atoms with Crippen LogP contribution in [0.25, 0.3) is 0 Å². The maximum atomic E-state index is 12.0. The minimum absolute atomic E-state index is 0. The van der Waals surface area contributed by atoms with Crippen molar-refractivity contribution >= 4 is 18.3 Å². The lowest BCUT2D eigenvalue weighted by atomic mass is 10.1.